The lowest BCUT2D eigenvalue weighted by molar-refractivity contribution is 0.170. The molecule has 0 bridgehead atoms. The average Bonchev–Trinajstić information content (AvgIpc) is 2.38. The molecule has 0 amide bonds. The zero-order valence-electron chi connectivity index (χ0n) is 14.1. The van der Waals surface area contributed by atoms with Crippen LogP contribution in [0.4, 0.5) is 4.39 Å². The number of halogens is 1. The molecule has 118 valence electrons. The zero-order chi connectivity index (χ0) is 15.6. The zero-order valence-corrected chi connectivity index (χ0v) is 14.1. The molecule has 0 aliphatic heterocycles. The molecule has 1 nitrogen and oxygen atoms in total. The summed E-state index contributed by atoms with van der Waals surface area (Å²) in [4.78, 5) is 0. The van der Waals surface area contributed by atoms with Crippen LogP contribution in [0.1, 0.15) is 65.5 Å². The van der Waals surface area contributed by atoms with Crippen molar-refractivity contribution in [1.82, 2.24) is 5.32 Å². The van der Waals surface area contributed by atoms with Crippen LogP contribution in [0.15, 0.2) is 24.3 Å². The fourth-order valence-electron chi connectivity index (χ4n) is 3.63. The second kappa shape index (κ2) is 6.48. The lowest BCUT2D eigenvalue weighted by Crippen LogP contribution is -2.44. The van der Waals surface area contributed by atoms with Gasteiger partial charge in [-0.05, 0) is 54.2 Å². The summed E-state index contributed by atoms with van der Waals surface area (Å²) < 4.78 is 13.2. The van der Waals surface area contributed by atoms with Crippen LogP contribution in [0.2, 0.25) is 0 Å². The van der Waals surface area contributed by atoms with E-state index in [1.54, 1.807) is 12.1 Å². The van der Waals surface area contributed by atoms with Crippen LogP contribution < -0.4 is 5.32 Å². The summed E-state index contributed by atoms with van der Waals surface area (Å²) in [5.74, 6) is 1.39. The molecular formula is C19H30FN. The van der Waals surface area contributed by atoms with Crippen LogP contribution in [-0.2, 0) is 0 Å². The third-order valence-corrected chi connectivity index (χ3v) is 4.88. The van der Waals surface area contributed by atoms with Crippen molar-refractivity contribution < 1.29 is 4.39 Å². The lowest BCUT2D eigenvalue weighted by atomic mass is 9.77. The molecule has 2 rings (SSSR count). The van der Waals surface area contributed by atoms with Crippen LogP contribution in [0.25, 0.3) is 0 Å². The van der Waals surface area contributed by atoms with Gasteiger partial charge < -0.3 is 5.32 Å². The first-order valence-corrected chi connectivity index (χ1v) is 8.29. The van der Waals surface area contributed by atoms with Crippen molar-refractivity contribution in [3.05, 3.63) is 35.6 Å². The topological polar surface area (TPSA) is 12.0 Å². The van der Waals surface area contributed by atoms with Gasteiger partial charge in [0.25, 0.3) is 0 Å². The van der Waals surface area contributed by atoms with Gasteiger partial charge in [-0.15, -0.1) is 0 Å². The highest BCUT2D eigenvalue weighted by atomic mass is 19.1. The van der Waals surface area contributed by atoms with Crippen molar-refractivity contribution in [3.63, 3.8) is 0 Å². The summed E-state index contributed by atoms with van der Waals surface area (Å²) >= 11 is 0. The highest BCUT2D eigenvalue weighted by Crippen LogP contribution is 2.36. The molecule has 4 unspecified atom stereocenters. The molecular weight excluding hydrogens is 261 g/mol. The van der Waals surface area contributed by atoms with Gasteiger partial charge in [0, 0.05) is 12.1 Å². The number of hydrogen-bond acceptors (Lipinski definition) is 1. The van der Waals surface area contributed by atoms with Gasteiger partial charge in [-0.25, -0.2) is 4.39 Å². The SMILES string of the molecule is CC1CCC(NC(c2ccc(F)cc2)C(C)(C)C)C(C)C1. The molecule has 1 aliphatic carbocycles. The molecule has 1 aliphatic rings. The maximum atomic E-state index is 13.2. The number of benzene rings is 1. The average molecular weight is 291 g/mol. The van der Waals surface area contributed by atoms with Gasteiger partial charge in [0.1, 0.15) is 5.82 Å². The quantitative estimate of drug-likeness (QED) is 0.794. The van der Waals surface area contributed by atoms with E-state index in [-0.39, 0.29) is 17.3 Å². The standard InChI is InChI=1S/C19H30FN/c1-13-6-11-17(14(2)12-13)21-18(19(3,4)5)15-7-9-16(20)10-8-15/h7-10,13-14,17-18,21H,6,11-12H2,1-5H3. The van der Waals surface area contributed by atoms with Crippen molar-refractivity contribution in [3.8, 4) is 0 Å². The van der Waals surface area contributed by atoms with Crippen molar-refractivity contribution in [2.45, 2.75) is 66.0 Å². The van der Waals surface area contributed by atoms with Gasteiger partial charge in [0.2, 0.25) is 0 Å². The second-order valence-corrected chi connectivity index (χ2v) is 8.02. The summed E-state index contributed by atoms with van der Waals surface area (Å²) in [6, 6.07) is 7.82. The second-order valence-electron chi connectivity index (χ2n) is 8.02. The molecule has 4 atom stereocenters. The Balaban J connectivity index is 2.16. The molecule has 2 heteroatoms. The van der Waals surface area contributed by atoms with E-state index in [0.29, 0.717) is 12.0 Å². The third kappa shape index (κ3) is 4.29. The third-order valence-electron chi connectivity index (χ3n) is 4.88. The minimum atomic E-state index is -0.161. The van der Waals surface area contributed by atoms with E-state index in [1.165, 1.54) is 24.8 Å². The predicted molar refractivity (Wildman–Crippen MR) is 87.7 cm³/mol. The number of hydrogen-bond donors (Lipinski definition) is 1. The van der Waals surface area contributed by atoms with Crippen LogP contribution in [0.3, 0.4) is 0 Å². The highest BCUT2D eigenvalue weighted by Gasteiger charge is 2.32. The van der Waals surface area contributed by atoms with Crippen molar-refractivity contribution in [2.75, 3.05) is 0 Å². The fraction of sp³-hybridized carbons (Fsp3) is 0.684. The van der Waals surface area contributed by atoms with Crippen LogP contribution in [-0.4, -0.2) is 6.04 Å². The van der Waals surface area contributed by atoms with Gasteiger partial charge in [-0.3, -0.25) is 0 Å². The normalized spacial score (nSPS) is 28.4. The van der Waals surface area contributed by atoms with E-state index >= 15 is 0 Å². The Morgan fingerprint density at radius 2 is 1.71 bits per heavy atom. The Hall–Kier alpha value is -0.890. The van der Waals surface area contributed by atoms with Gasteiger partial charge in [-0.1, -0.05) is 46.8 Å². The Bertz CT molecular complexity index is 446. The first-order valence-electron chi connectivity index (χ1n) is 8.29. The molecule has 1 aromatic carbocycles. The largest absolute Gasteiger partial charge is 0.306 e. The molecule has 0 aromatic heterocycles. The van der Waals surface area contributed by atoms with Crippen LogP contribution >= 0.6 is 0 Å². The summed E-state index contributed by atoms with van der Waals surface area (Å²) in [5.41, 5.74) is 1.30. The lowest BCUT2D eigenvalue weighted by Gasteiger charge is -2.40. The van der Waals surface area contributed by atoms with E-state index in [0.717, 1.165) is 5.92 Å². The number of rotatable bonds is 3. The smallest absolute Gasteiger partial charge is 0.123 e. The van der Waals surface area contributed by atoms with Gasteiger partial charge >= 0.3 is 0 Å². The molecule has 0 saturated heterocycles. The van der Waals surface area contributed by atoms with Crippen molar-refractivity contribution in [1.29, 1.82) is 0 Å². The minimum Gasteiger partial charge on any atom is -0.306 e. The van der Waals surface area contributed by atoms with Gasteiger partial charge in [0.15, 0.2) is 0 Å². The van der Waals surface area contributed by atoms with E-state index in [2.05, 4.69) is 39.9 Å². The first kappa shape index (κ1) is 16.5. The molecule has 1 N–H and O–H groups in total. The summed E-state index contributed by atoms with van der Waals surface area (Å²) in [6.07, 6.45) is 3.86. The molecule has 1 aromatic rings. The maximum Gasteiger partial charge on any atom is 0.123 e. The molecule has 1 fully saturated rings. The molecule has 0 radical (unpaired) electrons. The van der Waals surface area contributed by atoms with Gasteiger partial charge in [-0.2, -0.15) is 0 Å². The van der Waals surface area contributed by atoms with Crippen LogP contribution in [0, 0.1) is 23.1 Å². The Labute approximate surface area is 129 Å². The predicted octanol–water partition coefficient (Wildman–Crippen LogP) is 5.33. The van der Waals surface area contributed by atoms with E-state index in [4.69, 9.17) is 0 Å². The van der Waals surface area contributed by atoms with E-state index in [1.807, 2.05) is 12.1 Å². The van der Waals surface area contributed by atoms with Gasteiger partial charge in [0.05, 0.1) is 0 Å². The maximum absolute atomic E-state index is 13.2. The summed E-state index contributed by atoms with van der Waals surface area (Å²) in [5, 5.41) is 3.88. The van der Waals surface area contributed by atoms with E-state index < -0.39 is 0 Å². The van der Waals surface area contributed by atoms with E-state index in [9.17, 15) is 4.39 Å². The summed E-state index contributed by atoms with van der Waals surface area (Å²) in [7, 11) is 0. The highest BCUT2D eigenvalue weighted by molar-refractivity contribution is 5.22. The Morgan fingerprint density at radius 3 is 2.24 bits per heavy atom. The van der Waals surface area contributed by atoms with Crippen molar-refractivity contribution in [2.24, 2.45) is 17.3 Å². The first-order chi connectivity index (χ1) is 9.77. The van der Waals surface area contributed by atoms with Crippen LogP contribution in [0.5, 0.6) is 0 Å². The Morgan fingerprint density at radius 1 is 1.10 bits per heavy atom. The minimum absolute atomic E-state index is 0.112. The summed E-state index contributed by atoms with van der Waals surface area (Å²) in [6.45, 7) is 11.5. The van der Waals surface area contributed by atoms with Crippen molar-refractivity contribution >= 4 is 0 Å². The Kier molecular flexibility index (Phi) is 5.08. The fourth-order valence-corrected chi connectivity index (χ4v) is 3.63. The number of nitrogens with one attached hydrogen (secondary N) is 1. The molecule has 1 saturated carbocycles. The molecule has 21 heavy (non-hydrogen) atoms. The molecule has 0 spiro atoms. The molecule has 0 heterocycles. The monoisotopic (exact) mass is 291 g/mol.